The monoisotopic (exact) mass is 321 g/mol. The number of amides is 1. The van der Waals surface area contributed by atoms with Crippen molar-refractivity contribution in [3.05, 3.63) is 69.8 Å². The van der Waals surface area contributed by atoms with Gasteiger partial charge in [0.15, 0.2) is 0 Å². The number of hydrogen-bond donors (Lipinski definition) is 2. The molecule has 2 aromatic rings. The van der Waals surface area contributed by atoms with E-state index in [-0.39, 0.29) is 18.8 Å². The molecule has 0 bridgehead atoms. The molecule has 0 heterocycles. The lowest BCUT2D eigenvalue weighted by Gasteiger charge is -2.09. The number of para-hydroxylation sites is 2. The first-order chi connectivity index (χ1) is 11.0. The number of benzene rings is 2. The van der Waals surface area contributed by atoms with Gasteiger partial charge in [-0.25, -0.2) is 8.78 Å². The highest BCUT2D eigenvalue weighted by molar-refractivity contribution is 5.94. The summed E-state index contributed by atoms with van der Waals surface area (Å²) >= 11 is 0. The molecule has 0 spiro atoms. The fourth-order valence-electron chi connectivity index (χ4n) is 1.96. The number of nitro groups is 1. The highest BCUT2D eigenvalue weighted by atomic mass is 19.1. The second-order valence-electron chi connectivity index (χ2n) is 4.55. The van der Waals surface area contributed by atoms with E-state index in [9.17, 15) is 23.7 Å². The molecule has 0 saturated carbocycles. The Morgan fingerprint density at radius 1 is 1.04 bits per heavy atom. The normalized spacial score (nSPS) is 10.2. The molecule has 1 amide bonds. The number of anilines is 1. The Morgan fingerprint density at radius 3 is 2.35 bits per heavy atom. The molecular formula is C15H13F2N3O3. The second kappa shape index (κ2) is 7.30. The van der Waals surface area contributed by atoms with Gasteiger partial charge in [0, 0.05) is 19.2 Å². The third-order valence-electron chi connectivity index (χ3n) is 3.02. The zero-order valence-electron chi connectivity index (χ0n) is 11.9. The summed E-state index contributed by atoms with van der Waals surface area (Å²) in [5.41, 5.74) is -0.457. The Hall–Kier alpha value is -3.03. The molecule has 0 aromatic heterocycles. The summed E-state index contributed by atoms with van der Waals surface area (Å²) in [5, 5.41) is 16.0. The predicted molar refractivity (Wildman–Crippen MR) is 80.3 cm³/mol. The molecule has 120 valence electrons. The average molecular weight is 321 g/mol. The van der Waals surface area contributed by atoms with Crippen LogP contribution in [-0.4, -0.2) is 23.9 Å². The number of carbonyl (C=O) groups is 1. The summed E-state index contributed by atoms with van der Waals surface area (Å²) in [7, 11) is 0. The number of nitrogens with one attached hydrogen (secondary N) is 2. The van der Waals surface area contributed by atoms with Crippen LogP contribution in [0, 0.1) is 21.7 Å². The smallest absolute Gasteiger partial charge is 0.292 e. The highest BCUT2D eigenvalue weighted by Gasteiger charge is 2.16. The van der Waals surface area contributed by atoms with Crippen molar-refractivity contribution in [1.82, 2.24) is 5.32 Å². The maximum atomic E-state index is 13.4. The van der Waals surface area contributed by atoms with Crippen LogP contribution in [0.2, 0.25) is 0 Å². The summed E-state index contributed by atoms with van der Waals surface area (Å²) in [6.45, 7) is 0.200. The number of rotatable bonds is 6. The largest absolute Gasteiger partial charge is 0.378 e. The lowest BCUT2D eigenvalue weighted by molar-refractivity contribution is -0.384. The standard InChI is InChI=1S/C15H13F2N3O3/c16-10-4-3-5-11(17)14(10)15(21)19-9-8-18-12-6-1-2-7-13(12)20(22)23/h1-7,18H,8-9H2,(H,19,21). The number of halogens is 2. The number of hydrogen-bond acceptors (Lipinski definition) is 4. The van der Waals surface area contributed by atoms with E-state index in [0.717, 1.165) is 18.2 Å². The third-order valence-corrected chi connectivity index (χ3v) is 3.02. The van der Waals surface area contributed by atoms with Gasteiger partial charge in [0.25, 0.3) is 11.6 Å². The topological polar surface area (TPSA) is 84.3 Å². The van der Waals surface area contributed by atoms with Crippen molar-refractivity contribution in [2.45, 2.75) is 0 Å². The van der Waals surface area contributed by atoms with Crippen LogP contribution in [-0.2, 0) is 0 Å². The second-order valence-corrected chi connectivity index (χ2v) is 4.55. The molecule has 6 nitrogen and oxygen atoms in total. The summed E-state index contributed by atoms with van der Waals surface area (Å²) in [6.07, 6.45) is 0. The van der Waals surface area contributed by atoms with Gasteiger partial charge in [-0.3, -0.25) is 14.9 Å². The van der Waals surface area contributed by atoms with Crippen LogP contribution in [0.15, 0.2) is 42.5 Å². The Labute approximate surface area is 130 Å². The van der Waals surface area contributed by atoms with E-state index in [2.05, 4.69) is 10.6 Å². The van der Waals surface area contributed by atoms with E-state index >= 15 is 0 Å². The molecule has 2 aromatic carbocycles. The number of nitro benzene ring substituents is 1. The van der Waals surface area contributed by atoms with Crippen LogP contribution in [0.25, 0.3) is 0 Å². The summed E-state index contributed by atoms with van der Waals surface area (Å²) < 4.78 is 26.9. The van der Waals surface area contributed by atoms with Crippen LogP contribution in [0.5, 0.6) is 0 Å². The van der Waals surface area contributed by atoms with Crippen molar-refractivity contribution in [2.75, 3.05) is 18.4 Å². The molecule has 2 rings (SSSR count). The van der Waals surface area contributed by atoms with E-state index in [1.54, 1.807) is 6.07 Å². The van der Waals surface area contributed by atoms with E-state index in [4.69, 9.17) is 0 Å². The molecule has 23 heavy (non-hydrogen) atoms. The zero-order valence-corrected chi connectivity index (χ0v) is 11.9. The van der Waals surface area contributed by atoms with Gasteiger partial charge in [-0.2, -0.15) is 0 Å². The average Bonchev–Trinajstić information content (AvgIpc) is 2.51. The molecule has 0 aliphatic carbocycles. The van der Waals surface area contributed by atoms with Gasteiger partial charge in [-0.05, 0) is 18.2 Å². The first kappa shape index (κ1) is 16.3. The Bertz CT molecular complexity index is 717. The van der Waals surface area contributed by atoms with Crippen LogP contribution in [0.1, 0.15) is 10.4 Å². The van der Waals surface area contributed by atoms with Gasteiger partial charge < -0.3 is 10.6 Å². The Morgan fingerprint density at radius 2 is 1.70 bits per heavy atom. The Kier molecular flexibility index (Phi) is 5.19. The minimum Gasteiger partial charge on any atom is -0.378 e. The van der Waals surface area contributed by atoms with Crippen LogP contribution >= 0.6 is 0 Å². The molecule has 0 unspecified atom stereocenters. The molecule has 0 fully saturated rings. The van der Waals surface area contributed by atoms with Crippen molar-refractivity contribution in [3.8, 4) is 0 Å². The van der Waals surface area contributed by atoms with Crippen molar-refractivity contribution in [1.29, 1.82) is 0 Å². The van der Waals surface area contributed by atoms with Crippen LogP contribution in [0.3, 0.4) is 0 Å². The summed E-state index contributed by atoms with van der Waals surface area (Å²) in [5.74, 6) is -2.78. The number of carbonyl (C=O) groups excluding carboxylic acids is 1. The van der Waals surface area contributed by atoms with Gasteiger partial charge in [0.1, 0.15) is 22.9 Å². The maximum absolute atomic E-state index is 13.4. The van der Waals surface area contributed by atoms with E-state index in [0.29, 0.717) is 5.69 Å². The minimum atomic E-state index is -0.950. The van der Waals surface area contributed by atoms with E-state index < -0.39 is 28.0 Å². The maximum Gasteiger partial charge on any atom is 0.292 e. The van der Waals surface area contributed by atoms with Crippen molar-refractivity contribution in [3.63, 3.8) is 0 Å². The third kappa shape index (κ3) is 4.00. The van der Waals surface area contributed by atoms with Gasteiger partial charge >= 0.3 is 0 Å². The lowest BCUT2D eigenvalue weighted by atomic mass is 10.2. The van der Waals surface area contributed by atoms with Crippen molar-refractivity contribution < 1.29 is 18.5 Å². The fraction of sp³-hybridized carbons (Fsp3) is 0.133. The first-order valence-corrected chi connectivity index (χ1v) is 6.70. The molecule has 0 saturated heterocycles. The lowest BCUT2D eigenvalue weighted by Crippen LogP contribution is -2.30. The Balaban J connectivity index is 1.91. The van der Waals surface area contributed by atoms with Crippen LogP contribution in [0.4, 0.5) is 20.2 Å². The molecule has 0 atom stereocenters. The zero-order chi connectivity index (χ0) is 16.8. The van der Waals surface area contributed by atoms with Gasteiger partial charge in [0.05, 0.1) is 4.92 Å². The van der Waals surface area contributed by atoms with E-state index in [1.807, 2.05) is 0 Å². The quantitative estimate of drug-likeness (QED) is 0.487. The molecule has 0 aliphatic heterocycles. The number of nitrogens with zero attached hydrogens (tertiary/aromatic N) is 1. The van der Waals surface area contributed by atoms with Gasteiger partial charge in [-0.1, -0.05) is 18.2 Å². The van der Waals surface area contributed by atoms with Gasteiger partial charge in [-0.15, -0.1) is 0 Å². The fourth-order valence-corrected chi connectivity index (χ4v) is 1.96. The summed E-state index contributed by atoms with van der Waals surface area (Å²) in [6, 6.07) is 9.17. The first-order valence-electron chi connectivity index (χ1n) is 6.70. The van der Waals surface area contributed by atoms with E-state index in [1.165, 1.54) is 18.2 Å². The molecule has 8 heteroatoms. The SMILES string of the molecule is O=C(NCCNc1ccccc1[N+](=O)[O-])c1c(F)cccc1F. The van der Waals surface area contributed by atoms with Crippen molar-refractivity contribution in [2.24, 2.45) is 0 Å². The molecule has 2 N–H and O–H groups in total. The minimum absolute atomic E-state index is 0.0403. The molecule has 0 radical (unpaired) electrons. The summed E-state index contributed by atoms with van der Waals surface area (Å²) in [4.78, 5) is 22.0. The highest BCUT2D eigenvalue weighted by Crippen LogP contribution is 2.22. The van der Waals surface area contributed by atoms with Crippen molar-refractivity contribution >= 4 is 17.3 Å². The molecule has 0 aliphatic rings. The molecular weight excluding hydrogens is 308 g/mol. The predicted octanol–water partition coefficient (Wildman–Crippen LogP) is 2.71. The van der Waals surface area contributed by atoms with Crippen LogP contribution < -0.4 is 10.6 Å². The van der Waals surface area contributed by atoms with Gasteiger partial charge in [0.2, 0.25) is 0 Å².